The van der Waals surface area contributed by atoms with Gasteiger partial charge in [0.1, 0.15) is 18.8 Å². The van der Waals surface area contributed by atoms with Crippen molar-refractivity contribution in [1.82, 2.24) is 5.43 Å². The smallest absolute Gasteiger partial charge is 0.249 e. The molecule has 0 aromatic heterocycles. The van der Waals surface area contributed by atoms with Gasteiger partial charge in [-0.15, -0.1) is 0 Å². The minimum Gasteiger partial charge on any atom is -0.488 e. The van der Waals surface area contributed by atoms with Gasteiger partial charge in [0, 0.05) is 11.3 Å². The highest BCUT2D eigenvalue weighted by Crippen LogP contribution is 2.27. The van der Waals surface area contributed by atoms with Crippen LogP contribution in [0.3, 0.4) is 0 Å². The summed E-state index contributed by atoms with van der Waals surface area (Å²) in [6.45, 7) is 4.38. The van der Waals surface area contributed by atoms with Crippen LogP contribution in [0, 0.1) is 13.8 Å². The summed E-state index contributed by atoms with van der Waals surface area (Å²) in [5.41, 5.74) is 7.10. The first kappa shape index (κ1) is 23.7. The third-order valence-electron chi connectivity index (χ3n) is 5.66. The third-order valence-corrected chi connectivity index (χ3v) is 5.66. The molecule has 6 heteroatoms. The van der Waals surface area contributed by atoms with E-state index in [9.17, 15) is 9.59 Å². The fourth-order valence-corrected chi connectivity index (χ4v) is 3.65. The predicted molar refractivity (Wildman–Crippen MR) is 140 cm³/mol. The van der Waals surface area contributed by atoms with E-state index in [2.05, 4.69) is 15.8 Å². The maximum atomic E-state index is 12.3. The lowest BCUT2D eigenvalue weighted by atomic mass is 10.0. The van der Waals surface area contributed by atoms with E-state index in [1.165, 1.54) is 0 Å². The number of carbonyl (C=O) groups excluding carboxylic acids is 2. The number of rotatable bonds is 8. The average molecular weight is 466 g/mol. The lowest BCUT2D eigenvalue weighted by molar-refractivity contribution is -0.126. The quantitative estimate of drug-likeness (QED) is 0.204. The van der Waals surface area contributed by atoms with Gasteiger partial charge in [0.15, 0.2) is 0 Å². The second kappa shape index (κ2) is 11.1. The van der Waals surface area contributed by atoms with Crippen LogP contribution >= 0.6 is 0 Å². The summed E-state index contributed by atoms with van der Waals surface area (Å²) in [5, 5.41) is 8.83. The van der Waals surface area contributed by atoms with Crippen molar-refractivity contribution in [3.05, 3.63) is 107 Å². The number of anilines is 1. The summed E-state index contributed by atoms with van der Waals surface area (Å²) in [7, 11) is 0. The Balaban J connectivity index is 1.43. The lowest BCUT2D eigenvalue weighted by Gasteiger charge is -2.12. The largest absolute Gasteiger partial charge is 0.488 e. The van der Waals surface area contributed by atoms with Gasteiger partial charge in [-0.2, -0.15) is 5.10 Å². The molecule has 6 nitrogen and oxygen atoms in total. The van der Waals surface area contributed by atoms with Gasteiger partial charge in [-0.3, -0.25) is 9.59 Å². The first-order valence-electron chi connectivity index (χ1n) is 11.4. The summed E-state index contributed by atoms with van der Waals surface area (Å²) in [6, 6.07) is 27.3. The number of hydrogen-bond acceptors (Lipinski definition) is 4. The van der Waals surface area contributed by atoms with Crippen molar-refractivity contribution in [2.45, 2.75) is 26.9 Å². The van der Waals surface area contributed by atoms with E-state index in [-0.39, 0.29) is 6.42 Å². The highest BCUT2D eigenvalue weighted by molar-refractivity contribution is 6.05. The highest BCUT2D eigenvalue weighted by Gasteiger charge is 2.11. The second-order valence-corrected chi connectivity index (χ2v) is 8.29. The number of hydrogen-bond donors (Lipinski definition) is 2. The monoisotopic (exact) mass is 465 g/mol. The Morgan fingerprint density at radius 3 is 2.43 bits per heavy atom. The number of fused-ring (bicyclic) bond motifs is 1. The zero-order valence-corrected chi connectivity index (χ0v) is 19.7. The Morgan fingerprint density at radius 1 is 0.857 bits per heavy atom. The van der Waals surface area contributed by atoms with Gasteiger partial charge in [-0.05, 0) is 59.5 Å². The molecule has 0 aliphatic heterocycles. The predicted octanol–water partition coefficient (Wildman–Crippen LogP) is 5.51. The summed E-state index contributed by atoms with van der Waals surface area (Å²) in [5.74, 6) is -0.259. The van der Waals surface area contributed by atoms with Crippen molar-refractivity contribution in [3.63, 3.8) is 0 Å². The number of hydrazone groups is 1. The number of nitrogens with one attached hydrogen (secondary N) is 2. The van der Waals surface area contributed by atoms with Crippen LogP contribution in [0.2, 0.25) is 0 Å². The molecule has 0 saturated heterocycles. The fourth-order valence-electron chi connectivity index (χ4n) is 3.65. The van der Waals surface area contributed by atoms with Gasteiger partial charge in [0.25, 0.3) is 0 Å². The van der Waals surface area contributed by atoms with Crippen LogP contribution in [0.25, 0.3) is 10.8 Å². The van der Waals surface area contributed by atoms with Gasteiger partial charge in [-0.25, -0.2) is 5.43 Å². The normalized spacial score (nSPS) is 10.9. The van der Waals surface area contributed by atoms with Crippen LogP contribution in [0.15, 0.2) is 90.0 Å². The lowest BCUT2D eigenvalue weighted by Crippen LogP contribution is -2.24. The Bertz CT molecular complexity index is 1380. The van der Waals surface area contributed by atoms with Crippen molar-refractivity contribution >= 4 is 34.5 Å². The molecule has 0 bridgehead atoms. The first-order chi connectivity index (χ1) is 17.0. The molecule has 2 amide bonds. The zero-order chi connectivity index (χ0) is 24.6. The molecule has 4 aromatic carbocycles. The maximum absolute atomic E-state index is 12.3. The molecular formula is C29H27N3O3. The van der Waals surface area contributed by atoms with E-state index in [0.29, 0.717) is 18.0 Å². The number of ether oxygens (including phenoxy) is 1. The fraction of sp³-hybridized carbons (Fsp3) is 0.138. The Labute approximate surface area is 204 Å². The van der Waals surface area contributed by atoms with E-state index in [0.717, 1.165) is 33.0 Å². The number of aryl methyl sites for hydroxylation is 2. The summed E-state index contributed by atoms with van der Waals surface area (Å²) in [6.07, 6.45) is 1.22. The second-order valence-electron chi connectivity index (χ2n) is 8.29. The molecule has 0 radical (unpaired) electrons. The topological polar surface area (TPSA) is 79.8 Å². The summed E-state index contributed by atoms with van der Waals surface area (Å²) >= 11 is 0. The summed E-state index contributed by atoms with van der Waals surface area (Å²) < 4.78 is 6.07. The molecule has 2 N–H and O–H groups in total. The van der Waals surface area contributed by atoms with Crippen molar-refractivity contribution in [1.29, 1.82) is 0 Å². The van der Waals surface area contributed by atoms with E-state index in [1.54, 1.807) is 6.21 Å². The van der Waals surface area contributed by atoms with Crippen molar-refractivity contribution < 1.29 is 14.3 Å². The van der Waals surface area contributed by atoms with Crippen LogP contribution in [0.5, 0.6) is 5.75 Å². The average Bonchev–Trinajstić information content (AvgIpc) is 2.86. The van der Waals surface area contributed by atoms with Gasteiger partial charge in [0.05, 0.1) is 6.21 Å². The van der Waals surface area contributed by atoms with Crippen LogP contribution in [-0.4, -0.2) is 18.0 Å². The molecule has 0 unspecified atom stereocenters. The molecule has 0 atom stereocenters. The highest BCUT2D eigenvalue weighted by atomic mass is 16.5. The van der Waals surface area contributed by atoms with Gasteiger partial charge < -0.3 is 10.1 Å². The van der Waals surface area contributed by atoms with Crippen molar-refractivity contribution in [2.24, 2.45) is 5.10 Å². The minimum atomic E-state index is -0.505. The Kier molecular flexibility index (Phi) is 7.53. The minimum absolute atomic E-state index is 0.336. The van der Waals surface area contributed by atoms with Crippen LogP contribution < -0.4 is 15.5 Å². The zero-order valence-electron chi connectivity index (χ0n) is 19.7. The standard InChI is InChI=1S/C29H27N3O3/c1-20-12-14-24(16-21(20)2)31-28(33)17-29(34)32-30-18-26-25-11-7-6-10-23(25)13-15-27(26)35-19-22-8-4-3-5-9-22/h3-16,18H,17,19H2,1-2H3,(H,31,33)(H,32,34). The Morgan fingerprint density at radius 2 is 1.63 bits per heavy atom. The maximum Gasteiger partial charge on any atom is 0.249 e. The van der Waals surface area contributed by atoms with Gasteiger partial charge in [-0.1, -0.05) is 66.7 Å². The third kappa shape index (κ3) is 6.32. The number of amides is 2. The van der Waals surface area contributed by atoms with E-state index < -0.39 is 11.8 Å². The van der Waals surface area contributed by atoms with Crippen molar-refractivity contribution in [3.8, 4) is 5.75 Å². The van der Waals surface area contributed by atoms with E-state index in [1.807, 2.05) is 98.8 Å². The Hall–Kier alpha value is -4.45. The van der Waals surface area contributed by atoms with E-state index in [4.69, 9.17) is 4.74 Å². The molecule has 0 spiro atoms. The molecule has 176 valence electrons. The number of nitrogens with zero attached hydrogens (tertiary/aromatic N) is 1. The van der Waals surface area contributed by atoms with Gasteiger partial charge in [0.2, 0.25) is 11.8 Å². The number of carbonyl (C=O) groups is 2. The molecular weight excluding hydrogens is 438 g/mol. The van der Waals surface area contributed by atoms with Gasteiger partial charge >= 0.3 is 0 Å². The summed E-state index contributed by atoms with van der Waals surface area (Å²) in [4.78, 5) is 24.6. The van der Waals surface area contributed by atoms with E-state index >= 15 is 0 Å². The first-order valence-corrected chi connectivity index (χ1v) is 11.4. The van der Waals surface area contributed by atoms with Crippen LogP contribution in [0.4, 0.5) is 5.69 Å². The molecule has 0 fully saturated rings. The molecule has 4 aromatic rings. The molecule has 0 aliphatic carbocycles. The van der Waals surface area contributed by atoms with Crippen LogP contribution in [-0.2, 0) is 16.2 Å². The van der Waals surface area contributed by atoms with Crippen LogP contribution in [0.1, 0.15) is 28.7 Å². The molecule has 0 saturated carbocycles. The number of benzene rings is 4. The molecule has 35 heavy (non-hydrogen) atoms. The molecule has 0 heterocycles. The SMILES string of the molecule is Cc1ccc(NC(=O)CC(=O)NN=Cc2c(OCc3ccccc3)ccc3ccccc23)cc1C. The molecule has 0 aliphatic rings. The molecule has 4 rings (SSSR count). The van der Waals surface area contributed by atoms with Crippen molar-refractivity contribution in [2.75, 3.05) is 5.32 Å².